The van der Waals surface area contributed by atoms with E-state index in [4.69, 9.17) is 4.74 Å². The van der Waals surface area contributed by atoms with Crippen LogP contribution in [0, 0.1) is 5.82 Å². The Morgan fingerprint density at radius 3 is 2.88 bits per heavy atom. The first-order valence-electron chi connectivity index (χ1n) is 5.50. The molecule has 0 saturated carbocycles. The average molecular weight is 236 g/mol. The average Bonchev–Trinajstić information content (AvgIpc) is 2.69. The van der Waals surface area contributed by atoms with Crippen molar-refractivity contribution < 1.29 is 13.9 Å². The van der Waals surface area contributed by atoms with Crippen LogP contribution in [0.3, 0.4) is 0 Å². The lowest BCUT2D eigenvalue weighted by atomic mass is 10.3. The van der Waals surface area contributed by atoms with Crippen molar-refractivity contribution in [2.75, 3.05) is 6.61 Å². The number of hydrogen-bond donors (Lipinski definition) is 0. The molecule has 4 nitrogen and oxygen atoms in total. The molecule has 0 spiro atoms. The molecule has 0 aliphatic heterocycles. The summed E-state index contributed by atoms with van der Waals surface area (Å²) in [6, 6.07) is 4.66. The van der Waals surface area contributed by atoms with Gasteiger partial charge in [-0.1, -0.05) is 6.07 Å². The minimum absolute atomic E-state index is 0.148. The summed E-state index contributed by atoms with van der Waals surface area (Å²) in [4.78, 5) is 15.7. The number of nitrogens with zero attached hydrogens (tertiary/aromatic N) is 2. The van der Waals surface area contributed by atoms with Crippen LogP contribution in [0.4, 0.5) is 4.39 Å². The Morgan fingerprint density at radius 2 is 2.24 bits per heavy atom. The Hall–Kier alpha value is -1.91. The molecule has 5 heteroatoms. The second kappa shape index (κ2) is 4.53. The number of esters is 1. The highest BCUT2D eigenvalue weighted by molar-refractivity contribution is 5.91. The highest BCUT2D eigenvalue weighted by Gasteiger charge is 2.19. The van der Waals surface area contributed by atoms with Crippen molar-refractivity contribution in [1.82, 2.24) is 9.55 Å². The number of imidazole rings is 1. The third-order valence-electron chi connectivity index (χ3n) is 2.50. The molecule has 1 aromatic carbocycles. The number of halogens is 1. The monoisotopic (exact) mass is 236 g/mol. The molecule has 2 aromatic rings. The van der Waals surface area contributed by atoms with Crippen molar-refractivity contribution in [3.05, 3.63) is 29.8 Å². The van der Waals surface area contributed by atoms with Crippen molar-refractivity contribution in [2.45, 2.75) is 20.4 Å². The van der Waals surface area contributed by atoms with Crippen LogP contribution in [-0.4, -0.2) is 22.1 Å². The molecule has 0 N–H and O–H groups in total. The fraction of sp³-hybridized carbons (Fsp3) is 0.333. The Kier molecular flexibility index (Phi) is 3.08. The fourth-order valence-corrected chi connectivity index (χ4v) is 1.78. The van der Waals surface area contributed by atoms with Crippen molar-refractivity contribution in [1.29, 1.82) is 0 Å². The van der Waals surface area contributed by atoms with E-state index in [1.165, 1.54) is 6.07 Å². The van der Waals surface area contributed by atoms with Gasteiger partial charge in [0.25, 0.3) is 0 Å². The molecular formula is C12H13FN2O2. The molecule has 0 bridgehead atoms. The van der Waals surface area contributed by atoms with Gasteiger partial charge in [-0.2, -0.15) is 0 Å². The molecule has 0 unspecified atom stereocenters. The van der Waals surface area contributed by atoms with Crippen molar-refractivity contribution in [3.63, 3.8) is 0 Å². The first-order valence-corrected chi connectivity index (χ1v) is 5.50. The number of aromatic nitrogens is 2. The van der Waals surface area contributed by atoms with E-state index in [-0.39, 0.29) is 17.9 Å². The van der Waals surface area contributed by atoms with E-state index in [1.54, 1.807) is 23.6 Å². The summed E-state index contributed by atoms with van der Waals surface area (Å²) in [5.74, 6) is -0.806. The molecule has 1 aromatic heterocycles. The second-order valence-electron chi connectivity index (χ2n) is 3.51. The minimum atomic E-state index is -0.523. The first kappa shape index (κ1) is 11.6. The van der Waals surface area contributed by atoms with Crippen LogP contribution < -0.4 is 0 Å². The molecule has 0 saturated heterocycles. The molecule has 17 heavy (non-hydrogen) atoms. The summed E-state index contributed by atoms with van der Waals surface area (Å²) >= 11 is 0. The van der Waals surface area contributed by atoms with Crippen LogP contribution in [-0.2, 0) is 11.3 Å². The van der Waals surface area contributed by atoms with E-state index in [2.05, 4.69) is 4.98 Å². The second-order valence-corrected chi connectivity index (χ2v) is 3.51. The third kappa shape index (κ3) is 1.88. The standard InChI is InChI=1S/C12H13FN2O2/c1-3-15-9-7-5-6-8(13)10(9)14-11(15)12(16)17-4-2/h5-7H,3-4H2,1-2H3. The van der Waals surface area contributed by atoms with Gasteiger partial charge >= 0.3 is 5.97 Å². The maximum atomic E-state index is 13.5. The lowest BCUT2D eigenvalue weighted by Gasteiger charge is -2.04. The number of para-hydroxylation sites is 1. The van der Waals surface area contributed by atoms with E-state index in [0.29, 0.717) is 12.1 Å². The summed E-state index contributed by atoms with van der Waals surface area (Å²) in [5.41, 5.74) is 0.813. The lowest BCUT2D eigenvalue weighted by molar-refractivity contribution is 0.0507. The molecular weight excluding hydrogens is 223 g/mol. The Balaban J connectivity index is 2.63. The van der Waals surface area contributed by atoms with Crippen LogP contribution in [0.15, 0.2) is 18.2 Å². The maximum absolute atomic E-state index is 13.5. The van der Waals surface area contributed by atoms with Gasteiger partial charge in [0.2, 0.25) is 5.82 Å². The zero-order chi connectivity index (χ0) is 12.4. The highest BCUT2D eigenvalue weighted by Crippen LogP contribution is 2.19. The summed E-state index contributed by atoms with van der Waals surface area (Å²) < 4.78 is 20.1. The molecule has 0 aliphatic carbocycles. The summed E-state index contributed by atoms with van der Waals surface area (Å²) in [6.45, 7) is 4.40. The fourth-order valence-electron chi connectivity index (χ4n) is 1.78. The Labute approximate surface area is 98.0 Å². The van der Waals surface area contributed by atoms with Gasteiger partial charge in [0.1, 0.15) is 5.52 Å². The predicted molar refractivity (Wildman–Crippen MR) is 61.3 cm³/mol. The zero-order valence-corrected chi connectivity index (χ0v) is 9.74. The van der Waals surface area contributed by atoms with Gasteiger partial charge < -0.3 is 9.30 Å². The number of ether oxygens (including phenoxy) is 1. The van der Waals surface area contributed by atoms with Gasteiger partial charge in [-0.15, -0.1) is 0 Å². The van der Waals surface area contributed by atoms with E-state index in [9.17, 15) is 9.18 Å². The van der Waals surface area contributed by atoms with Gasteiger partial charge in [-0.3, -0.25) is 0 Å². The van der Waals surface area contributed by atoms with Crippen molar-refractivity contribution in [2.24, 2.45) is 0 Å². The quantitative estimate of drug-likeness (QED) is 0.768. The molecule has 2 rings (SSSR count). The van der Waals surface area contributed by atoms with Crippen LogP contribution in [0.5, 0.6) is 0 Å². The third-order valence-corrected chi connectivity index (χ3v) is 2.50. The summed E-state index contributed by atoms with van der Waals surface area (Å²) in [6.07, 6.45) is 0. The number of fused-ring (bicyclic) bond motifs is 1. The molecule has 0 amide bonds. The normalized spacial score (nSPS) is 10.8. The SMILES string of the molecule is CCOC(=O)c1nc2c(F)cccc2n1CC. The summed E-state index contributed by atoms with van der Waals surface area (Å²) in [7, 11) is 0. The van der Waals surface area contributed by atoms with Crippen LogP contribution in [0.2, 0.25) is 0 Å². The molecule has 0 radical (unpaired) electrons. The number of aryl methyl sites for hydroxylation is 1. The van der Waals surface area contributed by atoms with Gasteiger partial charge in [0.05, 0.1) is 12.1 Å². The first-order chi connectivity index (χ1) is 8.19. The van der Waals surface area contributed by atoms with Crippen LogP contribution in [0.1, 0.15) is 24.5 Å². The summed E-state index contributed by atoms with van der Waals surface area (Å²) in [5, 5.41) is 0. The van der Waals surface area contributed by atoms with Gasteiger partial charge in [-0.05, 0) is 26.0 Å². The topological polar surface area (TPSA) is 44.1 Å². The van der Waals surface area contributed by atoms with Crippen LogP contribution >= 0.6 is 0 Å². The smallest absolute Gasteiger partial charge is 0.374 e. The Morgan fingerprint density at radius 1 is 1.47 bits per heavy atom. The van der Waals surface area contributed by atoms with Crippen LogP contribution in [0.25, 0.3) is 11.0 Å². The number of carbonyl (C=O) groups excluding carboxylic acids is 1. The van der Waals surface area contributed by atoms with E-state index >= 15 is 0 Å². The largest absolute Gasteiger partial charge is 0.460 e. The van der Waals surface area contributed by atoms with Crippen molar-refractivity contribution >= 4 is 17.0 Å². The lowest BCUT2D eigenvalue weighted by Crippen LogP contribution is -2.12. The van der Waals surface area contributed by atoms with E-state index in [1.807, 2.05) is 6.92 Å². The van der Waals surface area contributed by atoms with Gasteiger partial charge in [0, 0.05) is 6.54 Å². The van der Waals surface area contributed by atoms with Gasteiger partial charge in [-0.25, -0.2) is 14.2 Å². The molecule has 1 heterocycles. The number of benzene rings is 1. The molecule has 0 aliphatic rings. The number of hydrogen-bond acceptors (Lipinski definition) is 3. The predicted octanol–water partition coefficient (Wildman–Crippen LogP) is 2.37. The molecule has 0 atom stereocenters. The number of rotatable bonds is 3. The zero-order valence-electron chi connectivity index (χ0n) is 9.74. The van der Waals surface area contributed by atoms with E-state index in [0.717, 1.165) is 0 Å². The Bertz CT molecular complexity index is 563. The maximum Gasteiger partial charge on any atom is 0.374 e. The minimum Gasteiger partial charge on any atom is -0.460 e. The highest BCUT2D eigenvalue weighted by atomic mass is 19.1. The van der Waals surface area contributed by atoms with Crippen molar-refractivity contribution in [3.8, 4) is 0 Å². The molecule has 90 valence electrons. The number of carbonyl (C=O) groups is 1. The van der Waals surface area contributed by atoms with E-state index < -0.39 is 11.8 Å². The molecule has 0 fully saturated rings. The van der Waals surface area contributed by atoms with Gasteiger partial charge in [0.15, 0.2) is 5.82 Å².